The Balaban J connectivity index is 1.77. The van der Waals surface area contributed by atoms with E-state index in [1.54, 1.807) is 18.2 Å². The van der Waals surface area contributed by atoms with Gasteiger partial charge in [0.25, 0.3) is 0 Å². The number of fused-ring (bicyclic) bond motifs is 1. The first-order chi connectivity index (χ1) is 16.3. The topological polar surface area (TPSA) is 86.8 Å². The van der Waals surface area contributed by atoms with Gasteiger partial charge in [0.05, 0.1) is 11.8 Å². The molecule has 34 heavy (non-hydrogen) atoms. The Morgan fingerprint density at radius 3 is 2.32 bits per heavy atom. The summed E-state index contributed by atoms with van der Waals surface area (Å²) in [5.74, 6) is -1.66. The average molecular weight is 508 g/mol. The number of nitrogens with one attached hydrogen (secondary N) is 1. The van der Waals surface area contributed by atoms with Crippen molar-refractivity contribution in [3.05, 3.63) is 46.0 Å². The molecular formula is C25H31Cl2N3O4. The molecule has 1 aliphatic carbocycles. The largest absolute Gasteiger partial charge is 0.354 e. The Morgan fingerprint density at radius 1 is 1.12 bits per heavy atom. The average Bonchev–Trinajstić information content (AvgIpc) is 3.07. The molecular weight excluding hydrogens is 477 g/mol. The fraction of sp³-hybridized carbons (Fsp3) is 0.520. The molecule has 7 nitrogen and oxygen atoms in total. The molecule has 0 aromatic heterocycles. The van der Waals surface area contributed by atoms with Crippen molar-refractivity contribution in [2.45, 2.75) is 58.5 Å². The maximum atomic E-state index is 13.4. The highest BCUT2D eigenvalue weighted by molar-refractivity contribution is 6.35. The van der Waals surface area contributed by atoms with Crippen molar-refractivity contribution in [1.29, 1.82) is 0 Å². The quantitative estimate of drug-likeness (QED) is 0.383. The van der Waals surface area contributed by atoms with E-state index < -0.39 is 6.04 Å². The summed E-state index contributed by atoms with van der Waals surface area (Å²) in [6.45, 7) is 4.41. The van der Waals surface area contributed by atoms with Crippen LogP contribution in [0.15, 0.2) is 30.4 Å². The first kappa shape index (κ1) is 26.2. The predicted molar refractivity (Wildman–Crippen MR) is 131 cm³/mol. The second-order valence-electron chi connectivity index (χ2n) is 8.71. The summed E-state index contributed by atoms with van der Waals surface area (Å²) in [5.41, 5.74) is 0.659. The van der Waals surface area contributed by atoms with Crippen LogP contribution in [0, 0.1) is 11.8 Å². The van der Waals surface area contributed by atoms with Gasteiger partial charge in [0.2, 0.25) is 23.6 Å². The number of amides is 4. The fourth-order valence-electron chi connectivity index (χ4n) is 4.56. The van der Waals surface area contributed by atoms with Gasteiger partial charge in [0.1, 0.15) is 6.04 Å². The standard InChI is InChI=1S/C25H31Cl2N3O4/c1-3-12-28-23(32)21(4-2)30(15-16-9-10-17(26)14-20(16)27)22(31)11-13-29-24(33)18-7-5-6-8-19(18)25(29)34/h5-6,9-10,14,18-19,21H,3-4,7-8,11-13,15H2,1-2H3,(H,28,32)/t18-,19+,21-/m0/s1. The summed E-state index contributed by atoms with van der Waals surface area (Å²) in [6.07, 6.45) is 6.08. The molecule has 1 saturated heterocycles. The lowest BCUT2D eigenvalue weighted by Crippen LogP contribution is -2.49. The third-order valence-electron chi connectivity index (χ3n) is 6.44. The minimum absolute atomic E-state index is 0.00135. The minimum Gasteiger partial charge on any atom is -0.354 e. The van der Waals surface area contributed by atoms with Crippen LogP contribution in [-0.2, 0) is 25.7 Å². The number of allylic oxidation sites excluding steroid dienone is 2. The number of rotatable bonds is 10. The Bertz CT molecular complexity index is 955. The van der Waals surface area contributed by atoms with Gasteiger partial charge in [-0.1, -0.05) is 55.3 Å². The van der Waals surface area contributed by atoms with Gasteiger partial charge in [0, 0.05) is 36.1 Å². The zero-order valence-electron chi connectivity index (χ0n) is 19.6. The Kier molecular flexibility index (Phi) is 9.14. The maximum absolute atomic E-state index is 13.4. The van der Waals surface area contributed by atoms with Crippen LogP contribution in [0.2, 0.25) is 10.0 Å². The highest BCUT2D eigenvalue weighted by Gasteiger charge is 2.47. The molecule has 184 valence electrons. The van der Waals surface area contributed by atoms with Crippen molar-refractivity contribution in [2.24, 2.45) is 11.8 Å². The number of imide groups is 1. The molecule has 1 aliphatic heterocycles. The van der Waals surface area contributed by atoms with Crippen molar-refractivity contribution in [1.82, 2.24) is 15.1 Å². The molecule has 1 aromatic rings. The lowest BCUT2D eigenvalue weighted by atomic mass is 9.85. The molecule has 0 radical (unpaired) electrons. The summed E-state index contributed by atoms with van der Waals surface area (Å²) in [4.78, 5) is 54.5. The third-order valence-corrected chi connectivity index (χ3v) is 7.03. The Morgan fingerprint density at radius 2 is 1.76 bits per heavy atom. The molecule has 1 fully saturated rings. The number of carbonyl (C=O) groups excluding carboxylic acids is 4. The highest BCUT2D eigenvalue weighted by atomic mass is 35.5. The zero-order valence-corrected chi connectivity index (χ0v) is 21.1. The summed E-state index contributed by atoms with van der Waals surface area (Å²) in [6, 6.07) is 4.30. The lowest BCUT2D eigenvalue weighted by Gasteiger charge is -2.31. The van der Waals surface area contributed by atoms with Crippen LogP contribution < -0.4 is 5.32 Å². The van der Waals surface area contributed by atoms with Crippen molar-refractivity contribution in [3.63, 3.8) is 0 Å². The molecule has 1 heterocycles. The van der Waals surface area contributed by atoms with E-state index in [0.717, 1.165) is 6.42 Å². The molecule has 1 aromatic carbocycles. The second-order valence-corrected chi connectivity index (χ2v) is 9.55. The SMILES string of the molecule is CCCNC(=O)[C@H](CC)N(Cc1ccc(Cl)cc1Cl)C(=O)CCN1C(=O)[C@H]2CC=CC[C@H]2C1=O. The van der Waals surface area contributed by atoms with Crippen molar-refractivity contribution in [2.75, 3.05) is 13.1 Å². The van der Waals surface area contributed by atoms with Crippen LogP contribution in [-0.4, -0.2) is 52.6 Å². The Labute approximate surface area is 210 Å². The van der Waals surface area contributed by atoms with E-state index in [2.05, 4.69) is 5.32 Å². The third kappa shape index (κ3) is 5.81. The summed E-state index contributed by atoms with van der Waals surface area (Å²) >= 11 is 12.4. The summed E-state index contributed by atoms with van der Waals surface area (Å²) < 4.78 is 0. The molecule has 0 spiro atoms. The van der Waals surface area contributed by atoms with Gasteiger partial charge < -0.3 is 10.2 Å². The van der Waals surface area contributed by atoms with Crippen LogP contribution >= 0.6 is 23.2 Å². The van der Waals surface area contributed by atoms with E-state index in [1.165, 1.54) is 9.80 Å². The van der Waals surface area contributed by atoms with Crippen molar-refractivity contribution >= 4 is 46.8 Å². The number of halogens is 2. The fourth-order valence-corrected chi connectivity index (χ4v) is 5.03. The van der Waals surface area contributed by atoms with Crippen LogP contribution in [0.1, 0.15) is 51.5 Å². The van der Waals surface area contributed by atoms with E-state index in [4.69, 9.17) is 23.2 Å². The van der Waals surface area contributed by atoms with E-state index in [-0.39, 0.29) is 55.0 Å². The molecule has 9 heteroatoms. The van der Waals surface area contributed by atoms with Gasteiger partial charge in [-0.15, -0.1) is 0 Å². The normalized spacial score (nSPS) is 20.3. The number of likely N-dealkylation sites (tertiary alicyclic amines) is 1. The monoisotopic (exact) mass is 507 g/mol. The number of nitrogens with zero attached hydrogens (tertiary/aromatic N) is 2. The number of benzene rings is 1. The number of hydrogen-bond acceptors (Lipinski definition) is 4. The molecule has 4 amide bonds. The summed E-state index contributed by atoms with van der Waals surface area (Å²) in [7, 11) is 0. The Hall–Kier alpha value is -2.38. The molecule has 0 bridgehead atoms. The number of carbonyl (C=O) groups is 4. The zero-order chi connectivity index (χ0) is 24.8. The van der Waals surface area contributed by atoms with Gasteiger partial charge in [-0.25, -0.2) is 0 Å². The smallest absolute Gasteiger partial charge is 0.242 e. The van der Waals surface area contributed by atoms with Gasteiger partial charge >= 0.3 is 0 Å². The van der Waals surface area contributed by atoms with Gasteiger partial charge in [-0.05, 0) is 43.4 Å². The summed E-state index contributed by atoms with van der Waals surface area (Å²) in [5, 5.41) is 3.73. The van der Waals surface area contributed by atoms with Crippen LogP contribution in [0.25, 0.3) is 0 Å². The second kappa shape index (κ2) is 11.8. The lowest BCUT2D eigenvalue weighted by molar-refractivity contribution is -0.144. The van der Waals surface area contributed by atoms with Gasteiger partial charge in [-0.2, -0.15) is 0 Å². The van der Waals surface area contributed by atoms with Crippen LogP contribution in [0.5, 0.6) is 0 Å². The minimum atomic E-state index is -0.706. The van der Waals surface area contributed by atoms with Crippen molar-refractivity contribution in [3.8, 4) is 0 Å². The van der Waals surface area contributed by atoms with Gasteiger partial charge in [-0.3, -0.25) is 24.1 Å². The maximum Gasteiger partial charge on any atom is 0.242 e. The number of hydrogen-bond donors (Lipinski definition) is 1. The molecule has 3 rings (SSSR count). The molecule has 0 unspecified atom stereocenters. The van der Waals surface area contributed by atoms with Crippen LogP contribution in [0.3, 0.4) is 0 Å². The van der Waals surface area contributed by atoms with Gasteiger partial charge in [0.15, 0.2) is 0 Å². The molecule has 3 atom stereocenters. The van der Waals surface area contributed by atoms with Crippen molar-refractivity contribution < 1.29 is 19.2 Å². The van der Waals surface area contributed by atoms with E-state index >= 15 is 0 Å². The highest BCUT2D eigenvalue weighted by Crippen LogP contribution is 2.35. The van der Waals surface area contributed by atoms with E-state index in [0.29, 0.717) is 41.4 Å². The van der Waals surface area contributed by atoms with E-state index in [1.807, 2.05) is 26.0 Å². The molecule has 1 N–H and O–H groups in total. The first-order valence-electron chi connectivity index (χ1n) is 11.8. The predicted octanol–water partition coefficient (Wildman–Crippen LogP) is 3.97. The first-order valence-corrected chi connectivity index (χ1v) is 12.5. The van der Waals surface area contributed by atoms with E-state index in [9.17, 15) is 19.2 Å². The molecule has 2 aliphatic rings. The van der Waals surface area contributed by atoms with Crippen LogP contribution in [0.4, 0.5) is 0 Å². The molecule has 0 saturated carbocycles.